The average Bonchev–Trinajstić information content (AvgIpc) is 2.63. The second-order valence-electron chi connectivity index (χ2n) is 9.62. The van der Waals surface area contributed by atoms with E-state index in [1.165, 1.54) is 0 Å². The topological polar surface area (TPSA) is 0 Å². The van der Waals surface area contributed by atoms with Crippen LogP contribution in [0.15, 0.2) is 0 Å². The van der Waals surface area contributed by atoms with Crippen LogP contribution < -0.4 is 0 Å². The van der Waals surface area contributed by atoms with Crippen molar-refractivity contribution < 1.29 is 52.7 Å². The molecule has 0 heterocycles. The van der Waals surface area contributed by atoms with Gasteiger partial charge in [-0.2, -0.15) is 52.7 Å². The van der Waals surface area contributed by atoms with E-state index in [0.29, 0.717) is 0 Å². The van der Waals surface area contributed by atoms with Crippen LogP contribution >= 0.6 is 0 Å². The average molecular weight is 494 g/mol. The Kier molecular flexibility index (Phi) is 7.22. The first-order valence-electron chi connectivity index (χ1n) is 10.4. The van der Waals surface area contributed by atoms with Gasteiger partial charge < -0.3 is 0 Å². The lowest BCUT2D eigenvalue weighted by Gasteiger charge is -2.47. The maximum atomic E-state index is 13.3. The molecule has 0 saturated heterocycles. The second kappa shape index (κ2) is 8.43. The quantitative estimate of drug-likeness (QED) is 0.344. The molecule has 0 aliphatic heterocycles. The Morgan fingerprint density at radius 3 is 0.719 bits per heavy atom. The molecule has 0 nitrogen and oxygen atoms in total. The number of alkyl halides is 12. The highest BCUT2D eigenvalue weighted by atomic mass is 19.4. The first-order chi connectivity index (χ1) is 14.2. The second-order valence-corrected chi connectivity index (χ2v) is 9.62. The summed E-state index contributed by atoms with van der Waals surface area (Å²) in [5.41, 5.74) is -7.71. The maximum Gasteiger partial charge on any atom is 0.403 e. The molecule has 2 aliphatic rings. The van der Waals surface area contributed by atoms with Gasteiger partial charge in [-0.1, -0.05) is 0 Å². The minimum atomic E-state index is -5.49. The van der Waals surface area contributed by atoms with Crippen molar-refractivity contribution in [3.63, 3.8) is 0 Å². The Labute approximate surface area is 178 Å². The van der Waals surface area contributed by atoms with Gasteiger partial charge in [0, 0.05) is 0 Å². The molecule has 0 aromatic heterocycles. The van der Waals surface area contributed by atoms with Gasteiger partial charge in [-0.05, 0) is 88.9 Å². The van der Waals surface area contributed by atoms with Gasteiger partial charge in [-0.3, -0.25) is 0 Å². The molecule has 2 saturated carbocycles. The van der Waals surface area contributed by atoms with Gasteiger partial charge in [-0.25, -0.2) is 0 Å². The summed E-state index contributed by atoms with van der Waals surface area (Å²) in [4.78, 5) is 0. The van der Waals surface area contributed by atoms with Crippen molar-refractivity contribution in [2.24, 2.45) is 34.5 Å². The van der Waals surface area contributed by atoms with Crippen LogP contribution in [0.25, 0.3) is 0 Å². The molecular formula is C20H26F12. The lowest BCUT2D eigenvalue weighted by molar-refractivity contribution is -0.356. The standard InChI is InChI=1S/C20H26F12/c1-15(17(21,22)23,18(24,25)26)13-7-3-11(4-8-13)12-5-9-14(10-6-12)16(2,19(27,28)29)20(30,31)32/h11-14H,3-10H2,1-2H3. The molecular weight excluding hydrogens is 468 g/mol. The van der Waals surface area contributed by atoms with E-state index in [1.54, 1.807) is 0 Å². The molecule has 12 heteroatoms. The van der Waals surface area contributed by atoms with E-state index < -0.39 is 47.4 Å². The van der Waals surface area contributed by atoms with Crippen molar-refractivity contribution in [1.29, 1.82) is 0 Å². The summed E-state index contributed by atoms with van der Waals surface area (Å²) in [7, 11) is 0. The van der Waals surface area contributed by atoms with Gasteiger partial charge in [0.15, 0.2) is 10.8 Å². The zero-order valence-electron chi connectivity index (χ0n) is 17.5. The number of rotatable bonds is 3. The minimum absolute atomic E-state index is 0.0392. The smallest absolute Gasteiger partial charge is 0.170 e. The van der Waals surface area contributed by atoms with Crippen LogP contribution in [0, 0.1) is 34.5 Å². The third-order valence-corrected chi connectivity index (χ3v) is 8.20. The lowest BCUT2D eigenvalue weighted by Crippen LogP contribution is -2.54. The summed E-state index contributed by atoms with van der Waals surface area (Å²) in [6, 6.07) is 0. The van der Waals surface area contributed by atoms with Crippen LogP contribution in [-0.4, -0.2) is 24.7 Å². The molecule has 32 heavy (non-hydrogen) atoms. The molecule has 0 aromatic rings. The predicted octanol–water partition coefficient (Wildman–Crippen LogP) is 8.86. The van der Waals surface area contributed by atoms with Gasteiger partial charge in [0.2, 0.25) is 0 Å². The molecule has 0 atom stereocenters. The van der Waals surface area contributed by atoms with Crippen LogP contribution in [0.5, 0.6) is 0 Å². The summed E-state index contributed by atoms with van der Waals surface area (Å²) in [5, 5.41) is 0. The van der Waals surface area contributed by atoms with Crippen molar-refractivity contribution >= 4 is 0 Å². The van der Waals surface area contributed by atoms with Crippen LogP contribution in [0.4, 0.5) is 52.7 Å². The van der Waals surface area contributed by atoms with Crippen molar-refractivity contribution in [3.8, 4) is 0 Å². The monoisotopic (exact) mass is 494 g/mol. The summed E-state index contributed by atoms with van der Waals surface area (Å²) in [6.45, 7) is 0.302. The van der Waals surface area contributed by atoms with Gasteiger partial charge in [0.25, 0.3) is 0 Å². The number of hydrogen-bond acceptors (Lipinski definition) is 0. The van der Waals surface area contributed by atoms with Crippen molar-refractivity contribution in [1.82, 2.24) is 0 Å². The summed E-state index contributed by atoms with van der Waals surface area (Å²) in [6.07, 6.45) is -23.2. The normalized spacial score (nSPS) is 29.8. The van der Waals surface area contributed by atoms with E-state index in [2.05, 4.69) is 0 Å². The summed E-state index contributed by atoms with van der Waals surface area (Å²) < 4.78 is 159. The van der Waals surface area contributed by atoms with Crippen LogP contribution in [0.1, 0.15) is 65.2 Å². The predicted molar refractivity (Wildman–Crippen MR) is 91.3 cm³/mol. The minimum Gasteiger partial charge on any atom is -0.170 e. The molecule has 0 N–H and O–H groups in total. The largest absolute Gasteiger partial charge is 0.403 e. The summed E-state index contributed by atoms with van der Waals surface area (Å²) in [5.74, 6) is -3.95. The fourth-order valence-corrected chi connectivity index (χ4v) is 5.58. The van der Waals surface area contributed by atoms with Crippen molar-refractivity contribution in [2.75, 3.05) is 0 Å². The third kappa shape index (κ3) is 4.57. The van der Waals surface area contributed by atoms with Crippen LogP contribution in [0.2, 0.25) is 0 Å². The molecule has 2 rings (SSSR count). The van der Waals surface area contributed by atoms with Gasteiger partial charge >= 0.3 is 24.7 Å². The van der Waals surface area contributed by atoms with Gasteiger partial charge in [0.05, 0.1) is 0 Å². The van der Waals surface area contributed by atoms with Crippen LogP contribution in [-0.2, 0) is 0 Å². The van der Waals surface area contributed by atoms with E-state index in [9.17, 15) is 52.7 Å². The highest BCUT2D eigenvalue weighted by Gasteiger charge is 2.72. The zero-order chi connectivity index (χ0) is 25.0. The molecule has 0 spiro atoms. The van der Waals surface area contributed by atoms with Crippen molar-refractivity contribution in [3.05, 3.63) is 0 Å². The Morgan fingerprint density at radius 2 is 0.562 bits per heavy atom. The zero-order valence-corrected chi connectivity index (χ0v) is 17.5. The highest BCUT2D eigenvalue weighted by Crippen LogP contribution is 2.61. The molecule has 2 aliphatic carbocycles. The first kappa shape index (κ1) is 27.4. The van der Waals surface area contributed by atoms with E-state index in [1.807, 2.05) is 0 Å². The molecule has 190 valence electrons. The highest BCUT2D eigenvalue weighted by molar-refractivity contribution is 4.99. The lowest BCUT2D eigenvalue weighted by atomic mass is 9.61. The molecule has 0 aromatic carbocycles. The molecule has 0 amide bonds. The Bertz CT molecular complexity index is 539. The van der Waals surface area contributed by atoms with E-state index in [4.69, 9.17) is 0 Å². The van der Waals surface area contributed by atoms with E-state index in [0.717, 1.165) is 0 Å². The Morgan fingerprint density at radius 1 is 0.375 bits per heavy atom. The molecule has 0 radical (unpaired) electrons. The van der Waals surface area contributed by atoms with Gasteiger partial charge in [-0.15, -0.1) is 0 Å². The SMILES string of the molecule is CC(C1CCC(C2CCC(C(C)(C(F)(F)F)C(F)(F)F)CC2)CC1)(C(F)(F)F)C(F)(F)F. The maximum absolute atomic E-state index is 13.3. The fourth-order valence-electron chi connectivity index (χ4n) is 5.58. The molecule has 0 unspecified atom stereocenters. The van der Waals surface area contributed by atoms with E-state index in [-0.39, 0.29) is 77.0 Å². The Balaban J connectivity index is 2.05. The number of hydrogen-bond donors (Lipinski definition) is 0. The van der Waals surface area contributed by atoms with Gasteiger partial charge in [0.1, 0.15) is 0 Å². The number of halogens is 12. The van der Waals surface area contributed by atoms with Crippen LogP contribution in [0.3, 0.4) is 0 Å². The first-order valence-corrected chi connectivity index (χ1v) is 10.4. The third-order valence-electron chi connectivity index (χ3n) is 8.20. The molecule has 2 fully saturated rings. The Hall–Kier alpha value is -0.840. The molecule has 0 bridgehead atoms. The van der Waals surface area contributed by atoms with E-state index >= 15 is 0 Å². The van der Waals surface area contributed by atoms with Crippen molar-refractivity contribution in [2.45, 2.75) is 89.9 Å². The fraction of sp³-hybridized carbons (Fsp3) is 1.00. The summed E-state index contributed by atoms with van der Waals surface area (Å²) >= 11 is 0.